The van der Waals surface area contributed by atoms with Gasteiger partial charge >= 0.3 is 0 Å². The molecule has 0 radical (unpaired) electrons. The van der Waals surface area contributed by atoms with Crippen LogP contribution in [-0.2, 0) is 6.42 Å². The summed E-state index contributed by atoms with van der Waals surface area (Å²) in [6.45, 7) is 4.51. The number of nitrogens with one attached hydrogen (secondary N) is 1. The van der Waals surface area contributed by atoms with E-state index in [4.69, 9.17) is 0 Å². The van der Waals surface area contributed by atoms with Gasteiger partial charge in [0.15, 0.2) is 0 Å². The second-order valence-corrected chi connectivity index (χ2v) is 4.59. The van der Waals surface area contributed by atoms with E-state index in [9.17, 15) is 0 Å². The number of hydrogen-bond donors (Lipinski definition) is 1. The summed E-state index contributed by atoms with van der Waals surface area (Å²) >= 11 is 0. The lowest BCUT2D eigenvalue weighted by molar-refractivity contribution is 0.172. The topological polar surface area (TPSA) is 12.0 Å². The minimum absolute atomic E-state index is 0.921. The van der Waals surface area contributed by atoms with Crippen molar-refractivity contribution in [3.8, 4) is 0 Å². The molecule has 1 N–H and O–H groups in total. The van der Waals surface area contributed by atoms with E-state index < -0.39 is 0 Å². The Bertz CT molecular complexity index is 281. The molecule has 1 nitrogen and oxygen atoms in total. The highest BCUT2D eigenvalue weighted by Gasteiger charge is 2.29. The maximum Gasteiger partial charge on any atom is -0.00179 e. The van der Waals surface area contributed by atoms with E-state index >= 15 is 0 Å². The van der Waals surface area contributed by atoms with Crippen LogP contribution in [0, 0.1) is 11.8 Å². The summed E-state index contributed by atoms with van der Waals surface area (Å²) < 4.78 is 0. The Hall–Kier alpha value is -0.820. The first-order valence-corrected chi connectivity index (χ1v) is 6.14. The first-order chi connectivity index (χ1) is 7.40. The minimum atomic E-state index is 0.921. The van der Waals surface area contributed by atoms with Gasteiger partial charge in [-0.2, -0.15) is 0 Å². The van der Waals surface area contributed by atoms with Crippen LogP contribution in [0.3, 0.4) is 0 Å². The van der Waals surface area contributed by atoms with Crippen molar-refractivity contribution < 1.29 is 0 Å². The molecule has 2 atom stereocenters. The molecule has 0 amide bonds. The molecule has 1 aromatic carbocycles. The zero-order chi connectivity index (χ0) is 10.5. The van der Waals surface area contributed by atoms with Crippen molar-refractivity contribution in [1.29, 1.82) is 0 Å². The van der Waals surface area contributed by atoms with Gasteiger partial charge in [0.25, 0.3) is 0 Å². The third-order valence-electron chi connectivity index (χ3n) is 3.57. The molecule has 1 heteroatoms. The third-order valence-corrected chi connectivity index (χ3v) is 3.57. The van der Waals surface area contributed by atoms with Crippen LogP contribution in [0.4, 0.5) is 0 Å². The van der Waals surface area contributed by atoms with E-state index in [1.807, 2.05) is 0 Å². The fourth-order valence-electron chi connectivity index (χ4n) is 2.42. The Balaban J connectivity index is 1.80. The molecule has 0 aromatic heterocycles. The van der Waals surface area contributed by atoms with Crippen LogP contribution in [0.5, 0.6) is 0 Å². The Labute approximate surface area is 92.9 Å². The van der Waals surface area contributed by atoms with Gasteiger partial charge in [-0.1, -0.05) is 37.3 Å². The van der Waals surface area contributed by atoms with Crippen molar-refractivity contribution in [2.75, 3.05) is 13.1 Å². The summed E-state index contributed by atoms with van der Waals surface area (Å²) in [5, 5.41) is 3.47. The highest BCUT2D eigenvalue weighted by atomic mass is 14.9. The summed E-state index contributed by atoms with van der Waals surface area (Å²) in [6.07, 6.45) is 4.12. The molecule has 2 unspecified atom stereocenters. The molecule has 2 rings (SSSR count). The maximum absolute atomic E-state index is 3.47. The smallest absolute Gasteiger partial charge is 0.00179 e. The van der Waals surface area contributed by atoms with Crippen molar-refractivity contribution in [1.82, 2.24) is 5.32 Å². The third kappa shape index (κ3) is 2.82. The van der Waals surface area contributed by atoms with Crippen LogP contribution in [0.2, 0.25) is 0 Å². The Morgan fingerprint density at radius 2 is 1.87 bits per heavy atom. The van der Waals surface area contributed by atoms with Crippen LogP contribution in [0.25, 0.3) is 0 Å². The summed E-state index contributed by atoms with van der Waals surface area (Å²) in [4.78, 5) is 0. The zero-order valence-electron chi connectivity index (χ0n) is 9.58. The summed E-state index contributed by atoms with van der Waals surface area (Å²) in [5.41, 5.74) is 1.50. The zero-order valence-corrected chi connectivity index (χ0v) is 9.58. The van der Waals surface area contributed by atoms with E-state index in [1.165, 1.54) is 31.4 Å². The largest absolute Gasteiger partial charge is 0.317 e. The SMILES string of the molecule is CCNCC1CCC1Cc1ccccc1. The van der Waals surface area contributed by atoms with Crippen LogP contribution < -0.4 is 5.32 Å². The molecule has 1 fully saturated rings. The van der Waals surface area contributed by atoms with Gasteiger partial charge in [0.2, 0.25) is 0 Å². The van der Waals surface area contributed by atoms with Crippen molar-refractivity contribution >= 4 is 0 Å². The normalized spacial score (nSPS) is 24.9. The Kier molecular flexibility index (Phi) is 3.79. The number of benzene rings is 1. The van der Waals surface area contributed by atoms with Crippen LogP contribution in [0.15, 0.2) is 30.3 Å². The molecule has 1 aliphatic rings. The number of hydrogen-bond acceptors (Lipinski definition) is 1. The Morgan fingerprint density at radius 3 is 2.47 bits per heavy atom. The molecule has 1 aliphatic carbocycles. The van der Waals surface area contributed by atoms with E-state index in [-0.39, 0.29) is 0 Å². The molecule has 0 bridgehead atoms. The standard InChI is InChI=1S/C14H21N/c1-2-15-11-14-9-8-13(14)10-12-6-4-3-5-7-12/h3-7,13-15H,2,8-11H2,1H3. The molecule has 0 aliphatic heterocycles. The lowest BCUT2D eigenvalue weighted by Gasteiger charge is -2.37. The molecule has 1 saturated carbocycles. The van der Waals surface area contributed by atoms with E-state index in [0.29, 0.717) is 0 Å². The van der Waals surface area contributed by atoms with Crippen LogP contribution in [0.1, 0.15) is 25.3 Å². The molecular formula is C14H21N. The second-order valence-electron chi connectivity index (χ2n) is 4.59. The maximum atomic E-state index is 3.47. The van der Waals surface area contributed by atoms with E-state index in [2.05, 4.69) is 42.6 Å². The predicted molar refractivity (Wildman–Crippen MR) is 64.9 cm³/mol. The van der Waals surface area contributed by atoms with Gasteiger partial charge in [0.05, 0.1) is 0 Å². The lowest BCUT2D eigenvalue weighted by Crippen LogP contribution is -2.36. The van der Waals surface area contributed by atoms with Crippen LogP contribution >= 0.6 is 0 Å². The Morgan fingerprint density at radius 1 is 1.13 bits per heavy atom. The van der Waals surface area contributed by atoms with Gasteiger partial charge in [-0.25, -0.2) is 0 Å². The van der Waals surface area contributed by atoms with E-state index in [0.717, 1.165) is 18.4 Å². The first kappa shape index (κ1) is 10.7. The highest BCUT2D eigenvalue weighted by molar-refractivity contribution is 5.16. The summed E-state index contributed by atoms with van der Waals surface area (Å²) in [7, 11) is 0. The molecule has 82 valence electrons. The lowest BCUT2D eigenvalue weighted by atomic mass is 9.71. The summed E-state index contributed by atoms with van der Waals surface area (Å²) in [5.74, 6) is 1.84. The molecule has 15 heavy (non-hydrogen) atoms. The first-order valence-electron chi connectivity index (χ1n) is 6.14. The average molecular weight is 203 g/mol. The van der Waals surface area contributed by atoms with Crippen molar-refractivity contribution in [2.24, 2.45) is 11.8 Å². The van der Waals surface area contributed by atoms with Gasteiger partial charge in [-0.3, -0.25) is 0 Å². The second kappa shape index (κ2) is 5.32. The summed E-state index contributed by atoms with van der Waals surface area (Å²) in [6, 6.07) is 10.9. The minimum Gasteiger partial charge on any atom is -0.317 e. The highest BCUT2D eigenvalue weighted by Crippen LogP contribution is 2.36. The predicted octanol–water partition coefficient (Wildman–Crippen LogP) is 2.86. The molecule has 1 aromatic rings. The van der Waals surface area contributed by atoms with Gasteiger partial charge in [0, 0.05) is 0 Å². The van der Waals surface area contributed by atoms with Gasteiger partial charge in [-0.15, -0.1) is 0 Å². The molecule has 0 spiro atoms. The van der Waals surface area contributed by atoms with Gasteiger partial charge in [0.1, 0.15) is 0 Å². The number of rotatable bonds is 5. The molecular weight excluding hydrogens is 182 g/mol. The average Bonchev–Trinajstić information content (AvgIpc) is 2.26. The van der Waals surface area contributed by atoms with Crippen molar-refractivity contribution in [3.05, 3.63) is 35.9 Å². The fraction of sp³-hybridized carbons (Fsp3) is 0.571. The molecule has 0 heterocycles. The molecule has 0 saturated heterocycles. The monoisotopic (exact) mass is 203 g/mol. The quantitative estimate of drug-likeness (QED) is 0.776. The fourth-order valence-corrected chi connectivity index (χ4v) is 2.42. The van der Waals surface area contributed by atoms with Gasteiger partial charge < -0.3 is 5.32 Å². The van der Waals surface area contributed by atoms with Crippen LogP contribution in [-0.4, -0.2) is 13.1 Å². The van der Waals surface area contributed by atoms with E-state index in [1.54, 1.807) is 0 Å². The van der Waals surface area contributed by atoms with Gasteiger partial charge in [-0.05, 0) is 49.8 Å². The van der Waals surface area contributed by atoms with Crippen molar-refractivity contribution in [3.63, 3.8) is 0 Å². The van der Waals surface area contributed by atoms with Crippen molar-refractivity contribution in [2.45, 2.75) is 26.2 Å².